The number of hydrogen-bond donors (Lipinski definition) is 1. The minimum absolute atomic E-state index is 0.192. The molecule has 0 spiro atoms. The van der Waals surface area contributed by atoms with Gasteiger partial charge in [0.25, 0.3) is 0 Å². The summed E-state index contributed by atoms with van der Waals surface area (Å²) < 4.78 is 25.7. The third kappa shape index (κ3) is 18.7. The maximum atomic E-state index is 12.8. The molecule has 0 fully saturated rings. The molecule has 0 aliphatic carbocycles. The minimum atomic E-state index is -3.73. The highest BCUT2D eigenvalue weighted by Gasteiger charge is 2.24. The van der Waals surface area contributed by atoms with Crippen molar-refractivity contribution in [3.05, 3.63) is 59.7 Å². The number of aliphatic hydroxyl groups is 1. The Morgan fingerprint density at radius 3 is 1.35 bits per heavy atom. The highest BCUT2D eigenvalue weighted by molar-refractivity contribution is 7.99. The molecule has 0 bridgehead atoms. The molecule has 0 heterocycles. The molecule has 3 nitrogen and oxygen atoms in total. The smallest absolute Gasteiger partial charge is 0.204 e. The average molecular weight is 671 g/mol. The van der Waals surface area contributed by atoms with E-state index in [2.05, 4.69) is 44.2 Å². The Bertz CT molecular complexity index is 1120. The zero-order chi connectivity index (χ0) is 33.1. The van der Waals surface area contributed by atoms with Gasteiger partial charge in [0.05, 0.1) is 4.90 Å². The van der Waals surface area contributed by atoms with Crippen LogP contribution in [0.1, 0.15) is 173 Å². The maximum Gasteiger partial charge on any atom is 0.204 e. The normalized spacial score (nSPS) is 12.7. The van der Waals surface area contributed by atoms with Gasteiger partial charge in [-0.1, -0.05) is 179 Å². The second-order valence-electron chi connectivity index (χ2n) is 13.2. The quantitative estimate of drug-likeness (QED) is 0.0532. The van der Waals surface area contributed by atoms with E-state index < -0.39 is 15.3 Å². The molecule has 1 atom stereocenters. The van der Waals surface area contributed by atoms with Crippen molar-refractivity contribution in [3.8, 4) is 0 Å². The SMILES string of the molecule is CCCCCCCCCCCCCCCCSc1ccc(C=Cc2ccc(S(=O)(=O)C(O)CCCCCCCCCC)cc2)cc1. The zero-order valence-electron chi connectivity index (χ0n) is 29.4. The van der Waals surface area contributed by atoms with Crippen molar-refractivity contribution in [2.24, 2.45) is 0 Å². The molecule has 260 valence electrons. The van der Waals surface area contributed by atoms with E-state index in [1.165, 1.54) is 133 Å². The van der Waals surface area contributed by atoms with Gasteiger partial charge < -0.3 is 5.11 Å². The van der Waals surface area contributed by atoms with Gasteiger partial charge in [-0.3, -0.25) is 0 Å². The lowest BCUT2D eigenvalue weighted by molar-refractivity contribution is 0.233. The fraction of sp³-hybridized carbons (Fsp3) is 0.659. The summed E-state index contributed by atoms with van der Waals surface area (Å²) in [6.45, 7) is 4.50. The van der Waals surface area contributed by atoms with E-state index in [1.807, 2.05) is 30.0 Å². The molecule has 2 rings (SSSR count). The summed E-state index contributed by atoms with van der Waals surface area (Å²) in [6.07, 6.45) is 33.0. The number of unbranched alkanes of at least 4 members (excludes halogenated alkanes) is 20. The lowest BCUT2D eigenvalue weighted by Gasteiger charge is -2.12. The van der Waals surface area contributed by atoms with Gasteiger partial charge in [-0.2, -0.15) is 0 Å². The van der Waals surface area contributed by atoms with E-state index in [9.17, 15) is 13.5 Å². The molecule has 1 N–H and O–H groups in total. The molecule has 0 saturated carbocycles. The Kier molecular flexibility index (Phi) is 23.3. The molecule has 46 heavy (non-hydrogen) atoms. The van der Waals surface area contributed by atoms with Crippen LogP contribution in [0.4, 0.5) is 0 Å². The van der Waals surface area contributed by atoms with Crippen LogP contribution in [0.15, 0.2) is 58.3 Å². The van der Waals surface area contributed by atoms with Crippen LogP contribution in [0.5, 0.6) is 0 Å². The van der Waals surface area contributed by atoms with Crippen molar-refractivity contribution in [2.75, 3.05) is 5.75 Å². The third-order valence-electron chi connectivity index (χ3n) is 8.99. The first-order valence-electron chi connectivity index (χ1n) is 18.9. The Morgan fingerprint density at radius 2 is 0.913 bits per heavy atom. The first kappa shape index (κ1) is 40.6. The molecule has 2 aromatic carbocycles. The molecule has 2 aromatic rings. The summed E-state index contributed by atoms with van der Waals surface area (Å²) in [6, 6.07) is 15.5. The molecule has 1 unspecified atom stereocenters. The van der Waals surface area contributed by atoms with Crippen molar-refractivity contribution in [1.29, 1.82) is 0 Å². The largest absolute Gasteiger partial charge is 0.377 e. The number of sulfone groups is 1. The van der Waals surface area contributed by atoms with E-state index in [0.717, 1.165) is 30.4 Å². The molecule has 0 amide bonds. The van der Waals surface area contributed by atoms with Crippen LogP contribution < -0.4 is 0 Å². The lowest BCUT2D eigenvalue weighted by Crippen LogP contribution is -2.20. The van der Waals surface area contributed by atoms with Crippen LogP contribution in [0.25, 0.3) is 12.2 Å². The van der Waals surface area contributed by atoms with Crippen LogP contribution in [0.2, 0.25) is 0 Å². The predicted octanol–water partition coefficient (Wildman–Crippen LogP) is 13.1. The van der Waals surface area contributed by atoms with E-state index in [-0.39, 0.29) is 4.90 Å². The summed E-state index contributed by atoms with van der Waals surface area (Å²) in [4.78, 5) is 1.50. The van der Waals surface area contributed by atoms with Crippen LogP contribution in [0.3, 0.4) is 0 Å². The second-order valence-corrected chi connectivity index (χ2v) is 16.5. The Labute approximate surface area is 288 Å². The monoisotopic (exact) mass is 670 g/mol. The number of hydrogen-bond acceptors (Lipinski definition) is 4. The van der Waals surface area contributed by atoms with E-state index in [0.29, 0.717) is 6.42 Å². The summed E-state index contributed by atoms with van der Waals surface area (Å²) in [5, 5.41) is 10.4. The van der Waals surface area contributed by atoms with E-state index in [4.69, 9.17) is 0 Å². The molecular weight excluding hydrogens is 605 g/mol. The molecule has 0 aliphatic heterocycles. The number of benzene rings is 2. The Hall–Kier alpha value is -1.56. The van der Waals surface area contributed by atoms with Gasteiger partial charge in [0.2, 0.25) is 9.84 Å². The molecular formula is C41H66O3S2. The predicted molar refractivity (Wildman–Crippen MR) is 203 cm³/mol. The standard InChI is InChI=1S/C41H66O3S2/c1-3-5-7-9-11-13-14-15-16-17-18-20-22-24-36-45-39-32-28-37(29-33-39)26-27-38-30-34-40(35-31-38)46(43,44)41(42)25-23-21-19-12-10-8-6-4-2/h26-35,41-42H,3-25,36H2,1-2H3. The highest BCUT2D eigenvalue weighted by atomic mass is 32.2. The zero-order valence-corrected chi connectivity index (χ0v) is 31.0. The van der Waals surface area contributed by atoms with Crippen LogP contribution >= 0.6 is 11.8 Å². The minimum Gasteiger partial charge on any atom is -0.377 e. The van der Waals surface area contributed by atoms with Gasteiger partial charge in [-0.15, -0.1) is 11.8 Å². The fourth-order valence-electron chi connectivity index (χ4n) is 5.89. The number of aliphatic hydroxyl groups excluding tert-OH is 1. The van der Waals surface area contributed by atoms with Gasteiger partial charge in [0.1, 0.15) is 0 Å². The molecule has 0 aliphatic rings. The topological polar surface area (TPSA) is 54.4 Å². The van der Waals surface area contributed by atoms with E-state index in [1.54, 1.807) is 12.1 Å². The third-order valence-corrected chi connectivity index (χ3v) is 12.0. The van der Waals surface area contributed by atoms with Gasteiger partial charge in [0.15, 0.2) is 5.44 Å². The van der Waals surface area contributed by atoms with Crippen LogP contribution in [0, 0.1) is 0 Å². The number of rotatable bonds is 29. The molecule has 0 saturated heterocycles. The maximum absolute atomic E-state index is 12.8. The molecule has 0 radical (unpaired) electrons. The lowest BCUT2D eigenvalue weighted by atomic mass is 10.0. The number of thioether (sulfide) groups is 1. The first-order valence-corrected chi connectivity index (χ1v) is 21.4. The average Bonchev–Trinajstić information content (AvgIpc) is 3.07. The summed E-state index contributed by atoms with van der Waals surface area (Å²) in [7, 11) is -3.73. The summed E-state index contributed by atoms with van der Waals surface area (Å²) in [5.41, 5.74) is 0.728. The fourth-order valence-corrected chi connectivity index (χ4v) is 8.11. The van der Waals surface area contributed by atoms with Crippen molar-refractivity contribution in [2.45, 2.75) is 177 Å². The van der Waals surface area contributed by atoms with Crippen molar-refractivity contribution in [3.63, 3.8) is 0 Å². The van der Waals surface area contributed by atoms with Gasteiger partial charge in [-0.05, 0) is 60.4 Å². The van der Waals surface area contributed by atoms with Crippen molar-refractivity contribution >= 4 is 33.8 Å². The molecule has 0 aromatic heterocycles. The summed E-state index contributed by atoms with van der Waals surface area (Å²) in [5.74, 6) is 1.18. The van der Waals surface area contributed by atoms with Gasteiger partial charge in [0, 0.05) is 4.90 Å². The first-order chi connectivity index (χ1) is 22.5. The second kappa shape index (κ2) is 26.4. The van der Waals surface area contributed by atoms with Crippen molar-refractivity contribution in [1.82, 2.24) is 0 Å². The van der Waals surface area contributed by atoms with Crippen molar-refractivity contribution < 1.29 is 13.5 Å². The van der Waals surface area contributed by atoms with Crippen LogP contribution in [-0.2, 0) is 9.84 Å². The highest BCUT2D eigenvalue weighted by Crippen LogP contribution is 2.23. The van der Waals surface area contributed by atoms with E-state index >= 15 is 0 Å². The van der Waals surface area contributed by atoms with Crippen LogP contribution in [-0.4, -0.2) is 24.7 Å². The summed E-state index contributed by atoms with van der Waals surface area (Å²) >= 11 is 1.94. The molecule has 5 heteroatoms. The van der Waals surface area contributed by atoms with Gasteiger partial charge >= 0.3 is 0 Å². The Balaban J connectivity index is 1.58. The van der Waals surface area contributed by atoms with Gasteiger partial charge in [-0.25, -0.2) is 8.42 Å². The Morgan fingerprint density at radius 1 is 0.543 bits per heavy atom.